The third kappa shape index (κ3) is 5.79. The minimum atomic E-state index is -0.0682. The van der Waals surface area contributed by atoms with Gasteiger partial charge in [0.2, 0.25) is 0 Å². The summed E-state index contributed by atoms with van der Waals surface area (Å²) in [4.78, 5) is 8.38. The van der Waals surface area contributed by atoms with E-state index in [1.165, 1.54) is 127 Å². The van der Waals surface area contributed by atoms with E-state index in [1.54, 1.807) is 11.1 Å². The van der Waals surface area contributed by atoms with Crippen LogP contribution in [0.15, 0.2) is 97.1 Å². The number of rotatable bonds is 3. The molecule has 8 aliphatic rings. The first-order valence-electron chi connectivity index (χ1n) is 26.5. The van der Waals surface area contributed by atoms with Crippen molar-refractivity contribution in [2.75, 3.05) is 14.7 Å². The van der Waals surface area contributed by atoms with Crippen LogP contribution in [0, 0.1) is 21.7 Å². The molecule has 4 heteroatoms. The highest BCUT2D eigenvalue weighted by Crippen LogP contribution is 2.62. The normalized spacial score (nSPS) is 25.3. The number of benzene rings is 6. The maximum Gasteiger partial charge on any atom is 0.252 e. The zero-order valence-corrected chi connectivity index (χ0v) is 42.6. The van der Waals surface area contributed by atoms with Crippen molar-refractivity contribution >= 4 is 68.6 Å². The molecule has 1 saturated carbocycles. The molecule has 6 aromatic carbocycles. The first-order chi connectivity index (χ1) is 32.3. The van der Waals surface area contributed by atoms with E-state index in [0.29, 0.717) is 0 Å². The van der Waals surface area contributed by atoms with Crippen LogP contribution in [0.2, 0.25) is 0 Å². The summed E-state index contributed by atoms with van der Waals surface area (Å²) >= 11 is 0. The van der Waals surface area contributed by atoms with Crippen molar-refractivity contribution in [3.63, 3.8) is 0 Å². The van der Waals surface area contributed by atoms with E-state index in [4.69, 9.17) is 0 Å². The standard InChI is InChI=1S/C64H70BN3/c1-59(2)31-39-17-19-47(23-41(39)33-59)66-54-27-45-37-61(5,6)35-43(45)25-51(54)65-52-26-44-36-62(7,8)38-46(44)28-55(52)67(48-20-18-40-32-60(3,4)34-42(40)24-48)57-30-49(29-56(66)58(57)65)68-53-16-12-11-15-50(53)63(9)21-13-14-22-64(63,68)10/h11-12,15-20,23-30H,13-14,21-22,31-38H2,1-10H3. The Kier molecular flexibility index (Phi) is 8.19. The number of fused-ring (bicyclic) bond motifs is 11. The quantitative estimate of drug-likeness (QED) is 0.164. The average Bonchev–Trinajstić information content (AvgIpc) is 4.00. The molecular formula is C64H70BN3. The van der Waals surface area contributed by atoms with Crippen molar-refractivity contribution in [2.45, 2.75) is 157 Å². The second-order valence-electron chi connectivity index (χ2n) is 27.0. The van der Waals surface area contributed by atoms with Gasteiger partial charge in [-0.05, 0) is 214 Å². The third-order valence-corrected chi connectivity index (χ3v) is 19.2. The zero-order chi connectivity index (χ0) is 46.7. The molecule has 3 aliphatic heterocycles. The minimum absolute atomic E-state index is 0.0520. The topological polar surface area (TPSA) is 9.72 Å². The van der Waals surface area contributed by atoms with Crippen LogP contribution in [0.4, 0.5) is 45.5 Å². The molecule has 2 atom stereocenters. The fourth-order valence-corrected chi connectivity index (χ4v) is 16.2. The molecule has 0 spiro atoms. The van der Waals surface area contributed by atoms with Gasteiger partial charge in [-0.2, -0.15) is 0 Å². The van der Waals surface area contributed by atoms with Gasteiger partial charge in [-0.3, -0.25) is 0 Å². The Morgan fingerprint density at radius 1 is 0.382 bits per heavy atom. The van der Waals surface area contributed by atoms with E-state index in [1.807, 2.05) is 0 Å². The van der Waals surface area contributed by atoms with Crippen LogP contribution in [0.25, 0.3) is 0 Å². The lowest BCUT2D eigenvalue weighted by Gasteiger charge is -2.51. The molecule has 0 N–H and O–H groups in total. The molecule has 3 nitrogen and oxygen atoms in total. The van der Waals surface area contributed by atoms with Gasteiger partial charge < -0.3 is 14.7 Å². The molecular weight excluding hydrogens is 822 g/mol. The summed E-state index contributed by atoms with van der Waals surface area (Å²) in [5, 5.41) is 0. The van der Waals surface area contributed by atoms with E-state index in [-0.39, 0.29) is 39.3 Å². The Morgan fingerprint density at radius 3 is 1.31 bits per heavy atom. The fourth-order valence-electron chi connectivity index (χ4n) is 16.2. The van der Waals surface area contributed by atoms with Crippen LogP contribution in [-0.2, 0) is 56.8 Å². The van der Waals surface area contributed by atoms with Crippen molar-refractivity contribution in [2.24, 2.45) is 21.7 Å². The molecule has 0 saturated heterocycles. The largest absolute Gasteiger partial charge is 0.334 e. The van der Waals surface area contributed by atoms with E-state index >= 15 is 0 Å². The first kappa shape index (κ1) is 41.7. The van der Waals surface area contributed by atoms with Gasteiger partial charge in [-0.25, -0.2) is 0 Å². The SMILES string of the molecule is CC1(C)Cc2ccc(N3c4cc5c(cc4B4c6cc7c(cc6N(c6ccc8c(c6)CC(C)(C)C8)c6cc(N8c9ccccc9C9(C)CCCCC89C)cc3c64)CC(C)(C)C7)CC(C)(C)C5)cc2C1. The summed E-state index contributed by atoms with van der Waals surface area (Å²) in [5.74, 6) is 0. The van der Waals surface area contributed by atoms with Crippen LogP contribution in [0.5, 0.6) is 0 Å². The Morgan fingerprint density at radius 2 is 0.809 bits per heavy atom. The number of nitrogens with zero attached hydrogens (tertiary/aromatic N) is 3. The Labute approximate surface area is 407 Å². The number of hydrogen-bond donors (Lipinski definition) is 0. The van der Waals surface area contributed by atoms with Crippen molar-refractivity contribution in [3.8, 4) is 0 Å². The molecule has 3 heterocycles. The van der Waals surface area contributed by atoms with Gasteiger partial charge >= 0.3 is 0 Å². The summed E-state index contributed by atoms with van der Waals surface area (Å²) in [6.07, 6.45) is 14.0. The van der Waals surface area contributed by atoms with Crippen LogP contribution in [-0.4, -0.2) is 12.3 Å². The molecule has 0 bridgehead atoms. The van der Waals surface area contributed by atoms with Crippen molar-refractivity contribution in [1.29, 1.82) is 0 Å². The summed E-state index contributed by atoms with van der Waals surface area (Å²) in [6.45, 7) is 25.1. The molecule has 344 valence electrons. The molecule has 5 aliphatic carbocycles. The summed E-state index contributed by atoms with van der Waals surface area (Å²) in [6, 6.07) is 40.7. The third-order valence-electron chi connectivity index (χ3n) is 19.2. The van der Waals surface area contributed by atoms with Gasteiger partial charge in [-0.1, -0.05) is 118 Å². The number of anilines is 8. The zero-order valence-electron chi connectivity index (χ0n) is 42.6. The predicted octanol–water partition coefficient (Wildman–Crippen LogP) is 14.0. The Balaban J connectivity index is 1.10. The maximum absolute atomic E-state index is 2.85. The van der Waals surface area contributed by atoms with Gasteiger partial charge in [0.15, 0.2) is 0 Å². The lowest BCUT2D eigenvalue weighted by Crippen LogP contribution is -2.62. The molecule has 0 amide bonds. The Bertz CT molecular complexity index is 3050. The van der Waals surface area contributed by atoms with E-state index in [9.17, 15) is 0 Å². The van der Waals surface area contributed by atoms with Crippen molar-refractivity contribution < 1.29 is 0 Å². The van der Waals surface area contributed by atoms with E-state index < -0.39 is 0 Å². The minimum Gasteiger partial charge on any atom is -0.334 e. The second kappa shape index (κ2) is 13.3. The highest BCUT2D eigenvalue weighted by atomic mass is 15.3. The van der Waals surface area contributed by atoms with Gasteiger partial charge in [0.05, 0.1) is 5.54 Å². The lowest BCUT2D eigenvalue weighted by molar-refractivity contribution is 0.195. The average molecular weight is 892 g/mol. The summed E-state index contributed by atoms with van der Waals surface area (Å²) < 4.78 is 0. The van der Waals surface area contributed by atoms with Crippen LogP contribution in [0.1, 0.15) is 145 Å². The lowest BCUT2D eigenvalue weighted by atomic mass is 9.33. The molecule has 68 heavy (non-hydrogen) atoms. The summed E-state index contributed by atoms with van der Waals surface area (Å²) in [5.41, 5.74) is 30.0. The van der Waals surface area contributed by atoms with E-state index in [0.717, 1.165) is 51.4 Å². The molecule has 0 aromatic heterocycles. The summed E-state index contributed by atoms with van der Waals surface area (Å²) in [7, 11) is 0. The second-order valence-corrected chi connectivity index (χ2v) is 27.0. The predicted molar refractivity (Wildman–Crippen MR) is 288 cm³/mol. The molecule has 1 fully saturated rings. The van der Waals surface area contributed by atoms with Gasteiger partial charge in [0, 0.05) is 50.9 Å². The smallest absolute Gasteiger partial charge is 0.252 e. The molecule has 0 radical (unpaired) electrons. The first-order valence-corrected chi connectivity index (χ1v) is 26.5. The maximum atomic E-state index is 2.85. The molecule has 14 rings (SSSR count). The molecule has 6 aromatic rings. The van der Waals surface area contributed by atoms with Crippen molar-refractivity contribution in [1.82, 2.24) is 0 Å². The van der Waals surface area contributed by atoms with Gasteiger partial charge in [-0.15, -0.1) is 0 Å². The van der Waals surface area contributed by atoms with E-state index in [2.05, 4.69) is 181 Å². The Hall–Kier alpha value is -5.22. The molecule has 2 unspecified atom stereocenters. The van der Waals surface area contributed by atoms with Crippen molar-refractivity contribution in [3.05, 3.63) is 147 Å². The number of para-hydroxylation sites is 1. The monoisotopic (exact) mass is 892 g/mol. The fraction of sp³-hybridized carbons (Fsp3) is 0.438. The van der Waals surface area contributed by atoms with Crippen LogP contribution in [0.3, 0.4) is 0 Å². The van der Waals surface area contributed by atoms with Crippen LogP contribution >= 0.6 is 0 Å². The highest BCUT2D eigenvalue weighted by Gasteiger charge is 2.58. The number of hydrogen-bond acceptors (Lipinski definition) is 3. The van der Waals surface area contributed by atoms with Gasteiger partial charge in [0.1, 0.15) is 0 Å². The highest BCUT2D eigenvalue weighted by molar-refractivity contribution is 7.00. The van der Waals surface area contributed by atoms with Gasteiger partial charge in [0.25, 0.3) is 6.71 Å². The van der Waals surface area contributed by atoms with Crippen LogP contribution < -0.4 is 31.1 Å².